The molecule has 6 heteroatoms. The van der Waals surface area contributed by atoms with E-state index < -0.39 is 29.0 Å². The minimum Gasteiger partial charge on any atom is -0.383 e. The molecule has 0 radical (unpaired) electrons. The molecule has 1 aliphatic rings. The lowest BCUT2D eigenvalue weighted by Gasteiger charge is -2.06. The molecule has 1 saturated heterocycles. The number of nitro groups is 1. The fourth-order valence-electron chi connectivity index (χ4n) is 1.04. The minimum absolute atomic E-state index is 0.530. The van der Waals surface area contributed by atoms with Crippen LogP contribution in [-0.4, -0.2) is 34.1 Å². The fourth-order valence-corrected chi connectivity index (χ4v) is 1.04. The average molecular weight is 160 g/mol. The van der Waals surface area contributed by atoms with Crippen LogP contribution in [0.15, 0.2) is 0 Å². The van der Waals surface area contributed by atoms with Crippen molar-refractivity contribution in [1.29, 1.82) is 0 Å². The predicted octanol–water partition coefficient (Wildman–Crippen LogP) is -1.49. The van der Waals surface area contributed by atoms with E-state index in [0.29, 0.717) is 0 Å². The molecule has 2 N–H and O–H groups in total. The summed E-state index contributed by atoms with van der Waals surface area (Å²) in [5.41, 5.74) is 0. The van der Waals surface area contributed by atoms with Crippen molar-refractivity contribution in [1.82, 2.24) is 5.32 Å². The van der Waals surface area contributed by atoms with E-state index >= 15 is 0 Å². The zero-order valence-electron chi connectivity index (χ0n) is 5.85. The van der Waals surface area contributed by atoms with Crippen molar-refractivity contribution in [2.45, 2.75) is 25.1 Å². The molecule has 6 nitrogen and oxygen atoms in total. The van der Waals surface area contributed by atoms with Crippen LogP contribution in [-0.2, 0) is 4.79 Å². The number of carbonyl (C=O) groups is 1. The first-order valence-electron chi connectivity index (χ1n) is 3.16. The molecule has 0 aromatic rings. The molecule has 0 bridgehead atoms. The van der Waals surface area contributed by atoms with Crippen LogP contribution < -0.4 is 5.32 Å². The van der Waals surface area contributed by atoms with Crippen LogP contribution in [0.4, 0.5) is 0 Å². The number of aliphatic hydroxyl groups is 1. The van der Waals surface area contributed by atoms with Gasteiger partial charge in [0.15, 0.2) is 6.10 Å². The Morgan fingerprint density at radius 2 is 2.27 bits per heavy atom. The van der Waals surface area contributed by atoms with Gasteiger partial charge >= 0.3 is 6.04 Å². The number of hydrogen-bond donors (Lipinski definition) is 2. The summed E-state index contributed by atoms with van der Waals surface area (Å²) in [4.78, 5) is 20.1. The topological polar surface area (TPSA) is 92.5 Å². The Labute approximate surface area is 62.4 Å². The lowest BCUT2D eigenvalue weighted by molar-refractivity contribution is -0.516. The van der Waals surface area contributed by atoms with Gasteiger partial charge in [0.05, 0.1) is 6.04 Å². The average Bonchev–Trinajstić information content (AvgIpc) is 2.07. The maximum absolute atomic E-state index is 10.7. The highest BCUT2D eigenvalue weighted by atomic mass is 16.6. The molecule has 62 valence electrons. The third-order valence-electron chi connectivity index (χ3n) is 1.70. The molecule has 11 heavy (non-hydrogen) atoms. The summed E-state index contributed by atoms with van der Waals surface area (Å²) >= 11 is 0. The second-order valence-corrected chi connectivity index (χ2v) is 2.52. The van der Waals surface area contributed by atoms with E-state index in [1.807, 2.05) is 0 Å². The standard InChI is InChI=1S/C5H8N2O4/c1-2-4(8)3(7(10)11)5(9)6-2/h2-4,8H,1H3,(H,6,9). The Bertz CT molecular complexity index is 205. The summed E-state index contributed by atoms with van der Waals surface area (Å²) < 4.78 is 0. The van der Waals surface area contributed by atoms with Crippen molar-refractivity contribution in [2.24, 2.45) is 0 Å². The van der Waals surface area contributed by atoms with Gasteiger partial charge < -0.3 is 10.4 Å². The van der Waals surface area contributed by atoms with E-state index in [0.717, 1.165) is 0 Å². The third-order valence-corrected chi connectivity index (χ3v) is 1.70. The van der Waals surface area contributed by atoms with Gasteiger partial charge in [0.25, 0.3) is 5.91 Å². The van der Waals surface area contributed by atoms with E-state index in [1.54, 1.807) is 0 Å². The maximum Gasteiger partial charge on any atom is 0.316 e. The number of nitrogens with one attached hydrogen (secondary N) is 1. The first kappa shape index (κ1) is 7.93. The smallest absolute Gasteiger partial charge is 0.316 e. The molecule has 0 saturated carbocycles. The zero-order chi connectivity index (χ0) is 8.59. The van der Waals surface area contributed by atoms with Crippen molar-refractivity contribution < 1.29 is 14.8 Å². The van der Waals surface area contributed by atoms with Crippen LogP contribution in [0.25, 0.3) is 0 Å². The molecular formula is C5H8N2O4. The summed E-state index contributed by atoms with van der Waals surface area (Å²) in [5.74, 6) is -0.713. The summed E-state index contributed by atoms with van der Waals surface area (Å²) in [7, 11) is 0. The summed E-state index contributed by atoms with van der Waals surface area (Å²) in [6.45, 7) is 1.52. The molecule has 0 aliphatic carbocycles. The summed E-state index contributed by atoms with van der Waals surface area (Å²) in [6.07, 6.45) is -1.21. The Morgan fingerprint density at radius 3 is 2.45 bits per heavy atom. The van der Waals surface area contributed by atoms with Crippen LogP contribution in [0.3, 0.4) is 0 Å². The molecule has 1 aliphatic heterocycles. The van der Waals surface area contributed by atoms with Gasteiger partial charge in [-0.2, -0.15) is 0 Å². The van der Waals surface area contributed by atoms with Gasteiger partial charge in [0.1, 0.15) is 0 Å². The van der Waals surface area contributed by atoms with E-state index in [1.165, 1.54) is 6.92 Å². The molecule has 1 amide bonds. The van der Waals surface area contributed by atoms with Crippen LogP contribution in [0.5, 0.6) is 0 Å². The van der Waals surface area contributed by atoms with Gasteiger partial charge in [-0.05, 0) is 6.92 Å². The van der Waals surface area contributed by atoms with Crippen molar-refractivity contribution in [3.63, 3.8) is 0 Å². The SMILES string of the molecule is CC1NC(=O)C([N+](=O)[O-])C1O. The summed E-state index contributed by atoms with van der Waals surface area (Å²) in [5, 5.41) is 21.5. The largest absolute Gasteiger partial charge is 0.383 e. The monoisotopic (exact) mass is 160 g/mol. The molecule has 0 spiro atoms. The molecule has 3 atom stereocenters. The van der Waals surface area contributed by atoms with Crippen LogP contribution in [0, 0.1) is 10.1 Å². The fraction of sp³-hybridized carbons (Fsp3) is 0.800. The normalized spacial score (nSPS) is 36.9. The Balaban J connectivity index is 2.79. The second-order valence-electron chi connectivity index (χ2n) is 2.52. The highest BCUT2D eigenvalue weighted by molar-refractivity contribution is 5.84. The highest BCUT2D eigenvalue weighted by Gasteiger charge is 2.47. The van der Waals surface area contributed by atoms with Gasteiger partial charge in [-0.3, -0.25) is 14.9 Å². The number of amides is 1. The van der Waals surface area contributed by atoms with Gasteiger partial charge in [-0.25, -0.2) is 0 Å². The lowest BCUT2D eigenvalue weighted by Crippen LogP contribution is -2.36. The van der Waals surface area contributed by atoms with E-state index in [-0.39, 0.29) is 0 Å². The van der Waals surface area contributed by atoms with Crippen molar-refractivity contribution >= 4 is 5.91 Å². The molecular weight excluding hydrogens is 152 g/mol. The van der Waals surface area contributed by atoms with Crippen molar-refractivity contribution in [2.75, 3.05) is 0 Å². The zero-order valence-corrected chi connectivity index (χ0v) is 5.85. The number of rotatable bonds is 1. The van der Waals surface area contributed by atoms with Gasteiger partial charge in [0, 0.05) is 4.92 Å². The van der Waals surface area contributed by atoms with Gasteiger partial charge in [0.2, 0.25) is 0 Å². The van der Waals surface area contributed by atoms with Crippen LogP contribution >= 0.6 is 0 Å². The van der Waals surface area contributed by atoms with E-state index in [9.17, 15) is 14.9 Å². The Morgan fingerprint density at radius 1 is 1.73 bits per heavy atom. The molecule has 1 heterocycles. The van der Waals surface area contributed by atoms with Crippen LogP contribution in [0.1, 0.15) is 6.92 Å². The number of aliphatic hydroxyl groups excluding tert-OH is 1. The molecule has 1 fully saturated rings. The summed E-state index contributed by atoms with van der Waals surface area (Å²) in [6, 6.07) is -2.03. The molecule has 0 aromatic heterocycles. The molecule has 3 unspecified atom stereocenters. The second kappa shape index (κ2) is 2.46. The number of nitrogens with zero attached hydrogens (tertiary/aromatic N) is 1. The Hall–Kier alpha value is -1.17. The van der Waals surface area contributed by atoms with Crippen LogP contribution in [0.2, 0.25) is 0 Å². The van der Waals surface area contributed by atoms with Gasteiger partial charge in [-0.15, -0.1) is 0 Å². The maximum atomic E-state index is 10.7. The number of hydrogen-bond acceptors (Lipinski definition) is 4. The highest BCUT2D eigenvalue weighted by Crippen LogP contribution is 2.10. The quantitative estimate of drug-likeness (QED) is 0.361. The van der Waals surface area contributed by atoms with E-state index in [4.69, 9.17) is 5.11 Å². The van der Waals surface area contributed by atoms with E-state index in [2.05, 4.69) is 5.32 Å². The molecule has 0 aromatic carbocycles. The van der Waals surface area contributed by atoms with Crippen molar-refractivity contribution in [3.05, 3.63) is 10.1 Å². The number of carbonyl (C=O) groups excluding carboxylic acids is 1. The van der Waals surface area contributed by atoms with Crippen molar-refractivity contribution in [3.8, 4) is 0 Å². The Kier molecular flexibility index (Phi) is 1.77. The first-order valence-corrected chi connectivity index (χ1v) is 3.16. The lowest BCUT2D eigenvalue weighted by atomic mass is 10.1. The van der Waals surface area contributed by atoms with Gasteiger partial charge in [-0.1, -0.05) is 0 Å². The minimum atomic E-state index is -1.50. The predicted molar refractivity (Wildman–Crippen MR) is 34.4 cm³/mol. The molecule has 1 rings (SSSR count). The third kappa shape index (κ3) is 1.16. The first-order chi connectivity index (χ1) is 5.04.